The number of hydrogen-bond acceptors (Lipinski definition) is 3. The highest BCUT2D eigenvalue weighted by atomic mass is 79.9. The van der Waals surface area contributed by atoms with Crippen LogP contribution in [-0.4, -0.2) is 12.2 Å². The number of rotatable bonds is 4. The first-order valence-electron chi connectivity index (χ1n) is 5.76. The number of phenolic OH excluding ortho intramolecular Hbond substituents is 1. The summed E-state index contributed by atoms with van der Waals surface area (Å²) in [6.07, 6.45) is 0. The molecule has 0 unspecified atom stereocenters. The van der Waals surface area contributed by atoms with Crippen LogP contribution < -0.4 is 10.1 Å². The predicted octanol–water partition coefficient (Wildman–Crippen LogP) is 5.08. The van der Waals surface area contributed by atoms with Crippen molar-refractivity contribution in [1.29, 1.82) is 0 Å². The molecule has 2 rings (SSSR count). The first kappa shape index (κ1) is 15.3. The Kier molecular flexibility index (Phi) is 5.02. The first-order chi connectivity index (χ1) is 9.52. The van der Waals surface area contributed by atoms with Crippen LogP contribution in [0.4, 0.5) is 5.69 Å². The van der Waals surface area contributed by atoms with Crippen molar-refractivity contribution in [1.82, 2.24) is 0 Å². The average molecular weight is 377 g/mol. The van der Waals surface area contributed by atoms with E-state index in [1.807, 2.05) is 0 Å². The normalized spacial score (nSPS) is 10.4. The van der Waals surface area contributed by atoms with E-state index < -0.39 is 0 Å². The van der Waals surface area contributed by atoms with E-state index in [9.17, 15) is 5.11 Å². The number of ether oxygens (including phenoxy) is 1. The van der Waals surface area contributed by atoms with Crippen LogP contribution in [-0.2, 0) is 6.54 Å². The van der Waals surface area contributed by atoms with E-state index in [1.165, 1.54) is 7.11 Å². The zero-order valence-corrected chi connectivity index (χ0v) is 13.7. The summed E-state index contributed by atoms with van der Waals surface area (Å²) in [4.78, 5) is 0. The van der Waals surface area contributed by atoms with Crippen LogP contribution in [0, 0.1) is 0 Å². The summed E-state index contributed by atoms with van der Waals surface area (Å²) < 4.78 is 5.67. The molecule has 0 aliphatic rings. The van der Waals surface area contributed by atoms with E-state index in [2.05, 4.69) is 21.2 Å². The van der Waals surface area contributed by atoms with Crippen LogP contribution in [0.1, 0.15) is 5.56 Å². The Morgan fingerprint density at radius 3 is 2.50 bits per heavy atom. The Morgan fingerprint density at radius 2 is 1.90 bits per heavy atom. The number of aromatic hydroxyl groups is 1. The van der Waals surface area contributed by atoms with Gasteiger partial charge in [0, 0.05) is 6.54 Å². The van der Waals surface area contributed by atoms with Gasteiger partial charge in [-0.3, -0.25) is 0 Å². The van der Waals surface area contributed by atoms with Crippen molar-refractivity contribution in [2.75, 3.05) is 12.4 Å². The van der Waals surface area contributed by atoms with E-state index in [1.54, 1.807) is 30.3 Å². The molecule has 3 nitrogen and oxygen atoms in total. The minimum atomic E-state index is 0.0759. The van der Waals surface area contributed by atoms with Gasteiger partial charge in [0.1, 0.15) is 0 Å². The number of phenols is 1. The molecule has 0 radical (unpaired) electrons. The minimum Gasteiger partial charge on any atom is -0.503 e. The number of methoxy groups -OCH3 is 1. The summed E-state index contributed by atoms with van der Waals surface area (Å²) in [5.41, 5.74) is 1.60. The van der Waals surface area contributed by atoms with Crippen LogP contribution in [0.25, 0.3) is 0 Å². The molecular weight excluding hydrogens is 365 g/mol. The lowest BCUT2D eigenvalue weighted by atomic mass is 10.2. The largest absolute Gasteiger partial charge is 0.503 e. The van der Waals surface area contributed by atoms with Gasteiger partial charge in [-0.1, -0.05) is 29.3 Å². The second-order valence-corrected chi connectivity index (χ2v) is 5.75. The fourth-order valence-corrected chi connectivity index (χ4v) is 2.76. The minimum absolute atomic E-state index is 0.0759. The topological polar surface area (TPSA) is 41.5 Å². The highest BCUT2D eigenvalue weighted by molar-refractivity contribution is 9.10. The molecule has 0 fully saturated rings. The maximum atomic E-state index is 9.76. The van der Waals surface area contributed by atoms with Crippen molar-refractivity contribution < 1.29 is 9.84 Å². The molecule has 0 atom stereocenters. The molecule has 0 saturated carbocycles. The van der Waals surface area contributed by atoms with Gasteiger partial charge >= 0.3 is 0 Å². The van der Waals surface area contributed by atoms with Crippen LogP contribution in [0.2, 0.25) is 10.0 Å². The number of nitrogens with one attached hydrogen (secondary N) is 1. The molecule has 20 heavy (non-hydrogen) atoms. The standard InChI is InChI=1S/C14H12BrCl2NO2/c1-20-12-6-8(5-9(15)14(12)19)7-18-13-10(16)3-2-4-11(13)17/h2-6,18-19H,7H2,1H3. The molecule has 2 aromatic carbocycles. The van der Waals surface area contributed by atoms with Gasteiger partial charge in [0.25, 0.3) is 0 Å². The SMILES string of the molecule is COc1cc(CNc2c(Cl)cccc2Cl)cc(Br)c1O. The van der Waals surface area contributed by atoms with Gasteiger partial charge in [-0.25, -0.2) is 0 Å². The highest BCUT2D eigenvalue weighted by Crippen LogP contribution is 2.36. The van der Waals surface area contributed by atoms with Gasteiger partial charge in [-0.2, -0.15) is 0 Å². The molecule has 0 aliphatic heterocycles. The van der Waals surface area contributed by atoms with Crippen LogP contribution >= 0.6 is 39.1 Å². The number of anilines is 1. The molecule has 2 aromatic rings. The van der Waals surface area contributed by atoms with E-state index in [0.29, 0.717) is 32.5 Å². The Bertz CT molecular complexity index is 615. The maximum absolute atomic E-state index is 9.76. The summed E-state index contributed by atoms with van der Waals surface area (Å²) in [5.74, 6) is 0.480. The second-order valence-electron chi connectivity index (χ2n) is 4.08. The van der Waals surface area contributed by atoms with Crippen molar-refractivity contribution in [2.24, 2.45) is 0 Å². The number of para-hydroxylation sites is 1. The van der Waals surface area contributed by atoms with Crippen LogP contribution in [0.5, 0.6) is 11.5 Å². The molecule has 0 heterocycles. The van der Waals surface area contributed by atoms with Crippen molar-refractivity contribution in [3.63, 3.8) is 0 Å². The Labute approximate surface area is 135 Å². The Balaban J connectivity index is 2.21. The van der Waals surface area contributed by atoms with E-state index in [4.69, 9.17) is 27.9 Å². The van der Waals surface area contributed by atoms with Crippen LogP contribution in [0.15, 0.2) is 34.8 Å². The lowest BCUT2D eigenvalue weighted by Gasteiger charge is -2.12. The van der Waals surface area contributed by atoms with Gasteiger partial charge < -0.3 is 15.2 Å². The van der Waals surface area contributed by atoms with E-state index in [0.717, 1.165) is 5.56 Å². The highest BCUT2D eigenvalue weighted by Gasteiger charge is 2.10. The van der Waals surface area contributed by atoms with Gasteiger partial charge in [0.2, 0.25) is 0 Å². The number of benzene rings is 2. The first-order valence-corrected chi connectivity index (χ1v) is 7.31. The molecule has 6 heteroatoms. The lowest BCUT2D eigenvalue weighted by Crippen LogP contribution is -2.01. The van der Waals surface area contributed by atoms with Crippen molar-refractivity contribution in [3.05, 3.63) is 50.4 Å². The average Bonchev–Trinajstić information content (AvgIpc) is 2.42. The Hall–Kier alpha value is -1.10. The summed E-state index contributed by atoms with van der Waals surface area (Å²) in [6.45, 7) is 0.499. The smallest absolute Gasteiger partial charge is 0.172 e. The van der Waals surface area contributed by atoms with Crippen LogP contribution in [0.3, 0.4) is 0 Å². The van der Waals surface area contributed by atoms with Crippen molar-refractivity contribution >= 4 is 44.8 Å². The Morgan fingerprint density at radius 1 is 1.25 bits per heavy atom. The predicted molar refractivity (Wildman–Crippen MR) is 86.1 cm³/mol. The summed E-state index contributed by atoms with van der Waals surface area (Å²) >= 11 is 15.5. The quantitative estimate of drug-likeness (QED) is 0.781. The molecule has 106 valence electrons. The lowest BCUT2D eigenvalue weighted by molar-refractivity contribution is 0.371. The second kappa shape index (κ2) is 6.57. The fourth-order valence-electron chi connectivity index (χ4n) is 1.74. The third-order valence-corrected chi connectivity index (χ3v) is 3.97. The monoisotopic (exact) mass is 375 g/mol. The van der Waals surface area contributed by atoms with E-state index >= 15 is 0 Å². The maximum Gasteiger partial charge on any atom is 0.172 e. The van der Waals surface area contributed by atoms with Gasteiger partial charge in [-0.15, -0.1) is 0 Å². The molecule has 0 bridgehead atoms. The molecular formula is C14H12BrCl2NO2. The molecule has 0 spiro atoms. The zero-order valence-electron chi connectivity index (χ0n) is 10.6. The van der Waals surface area contributed by atoms with Gasteiger partial charge in [0.15, 0.2) is 11.5 Å². The molecule has 0 amide bonds. The number of hydrogen-bond donors (Lipinski definition) is 2. The van der Waals surface area contributed by atoms with Crippen molar-refractivity contribution in [2.45, 2.75) is 6.54 Å². The molecule has 0 saturated heterocycles. The summed E-state index contributed by atoms with van der Waals surface area (Å²) in [7, 11) is 1.50. The molecule has 0 aromatic heterocycles. The summed E-state index contributed by atoms with van der Waals surface area (Å²) in [5, 5.41) is 14.0. The van der Waals surface area contributed by atoms with Crippen molar-refractivity contribution in [3.8, 4) is 11.5 Å². The van der Waals surface area contributed by atoms with E-state index in [-0.39, 0.29) is 5.75 Å². The van der Waals surface area contributed by atoms with Gasteiger partial charge in [-0.05, 0) is 45.8 Å². The van der Waals surface area contributed by atoms with Gasteiger partial charge in [0.05, 0.1) is 27.3 Å². The third-order valence-electron chi connectivity index (χ3n) is 2.74. The number of halogens is 3. The molecule has 2 N–H and O–H groups in total. The molecule has 0 aliphatic carbocycles. The summed E-state index contributed by atoms with van der Waals surface area (Å²) in [6, 6.07) is 8.87. The fraction of sp³-hybridized carbons (Fsp3) is 0.143. The third kappa shape index (κ3) is 3.32. The zero-order chi connectivity index (χ0) is 14.7.